The lowest BCUT2D eigenvalue weighted by atomic mass is 9.95. The van der Waals surface area contributed by atoms with Crippen LogP contribution in [0.2, 0.25) is 0 Å². The Kier molecular flexibility index (Phi) is 6.05. The SMILES string of the molecule is CC(NC(=O)C(C)(C)C)C(=O)NC1CC2CCC(C1)N2.Cl. The molecular weight excluding hydrogens is 290 g/mol. The van der Waals surface area contributed by atoms with E-state index < -0.39 is 11.5 Å². The Morgan fingerprint density at radius 3 is 2.14 bits per heavy atom. The second kappa shape index (κ2) is 6.97. The van der Waals surface area contributed by atoms with Crippen molar-refractivity contribution in [3.8, 4) is 0 Å². The summed E-state index contributed by atoms with van der Waals surface area (Å²) in [5, 5.41) is 9.42. The maximum atomic E-state index is 12.2. The van der Waals surface area contributed by atoms with Gasteiger partial charge in [-0.1, -0.05) is 20.8 Å². The van der Waals surface area contributed by atoms with Crippen LogP contribution < -0.4 is 16.0 Å². The van der Waals surface area contributed by atoms with E-state index in [1.807, 2.05) is 20.8 Å². The van der Waals surface area contributed by atoms with E-state index in [4.69, 9.17) is 0 Å². The summed E-state index contributed by atoms with van der Waals surface area (Å²) in [6.45, 7) is 7.28. The highest BCUT2D eigenvalue weighted by atomic mass is 35.5. The molecule has 2 aliphatic rings. The molecule has 6 heteroatoms. The van der Waals surface area contributed by atoms with Crippen molar-refractivity contribution in [2.24, 2.45) is 5.41 Å². The van der Waals surface area contributed by atoms with Gasteiger partial charge in [-0.2, -0.15) is 0 Å². The van der Waals surface area contributed by atoms with Gasteiger partial charge in [0.25, 0.3) is 0 Å². The van der Waals surface area contributed by atoms with E-state index in [1.54, 1.807) is 6.92 Å². The summed E-state index contributed by atoms with van der Waals surface area (Å²) >= 11 is 0. The molecule has 2 rings (SSSR count). The van der Waals surface area contributed by atoms with Gasteiger partial charge in [-0.25, -0.2) is 0 Å². The van der Waals surface area contributed by atoms with Crippen molar-refractivity contribution in [3.63, 3.8) is 0 Å². The number of fused-ring (bicyclic) bond motifs is 2. The lowest BCUT2D eigenvalue weighted by Gasteiger charge is -2.31. The molecule has 0 saturated carbocycles. The normalized spacial score (nSPS) is 29.2. The summed E-state index contributed by atoms with van der Waals surface area (Å²) in [5.74, 6) is -0.167. The van der Waals surface area contributed by atoms with Crippen LogP contribution >= 0.6 is 12.4 Å². The van der Waals surface area contributed by atoms with Crippen molar-refractivity contribution in [3.05, 3.63) is 0 Å². The quantitative estimate of drug-likeness (QED) is 0.736. The van der Waals surface area contributed by atoms with Crippen molar-refractivity contribution >= 4 is 24.2 Å². The molecule has 3 N–H and O–H groups in total. The van der Waals surface area contributed by atoms with Gasteiger partial charge in [0.2, 0.25) is 11.8 Å². The van der Waals surface area contributed by atoms with E-state index in [-0.39, 0.29) is 30.3 Å². The average molecular weight is 318 g/mol. The zero-order chi connectivity index (χ0) is 14.9. The molecule has 0 aromatic heterocycles. The molecule has 3 unspecified atom stereocenters. The van der Waals surface area contributed by atoms with E-state index in [1.165, 1.54) is 12.8 Å². The predicted octanol–water partition coefficient (Wildman–Crippen LogP) is 1.36. The van der Waals surface area contributed by atoms with Crippen LogP contribution in [0.15, 0.2) is 0 Å². The lowest BCUT2D eigenvalue weighted by Crippen LogP contribution is -2.53. The molecule has 2 fully saturated rings. The van der Waals surface area contributed by atoms with Crippen molar-refractivity contribution in [2.75, 3.05) is 0 Å². The van der Waals surface area contributed by atoms with Crippen LogP contribution in [0.4, 0.5) is 0 Å². The molecule has 2 aliphatic heterocycles. The van der Waals surface area contributed by atoms with Crippen LogP contribution in [0.25, 0.3) is 0 Å². The van der Waals surface area contributed by atoms with E-state index in [9.17, 15) is 9.59 Å². The van der Waals surface area contributed by atoms with Gasteiger partial charge in [0, 0.05) is 23.5 Å². The molecular formula is C15H28ClN3O2. The first-order valence-corrected chi connectivity index (χ1v) is 7.63. The maximum absolute atomic E-state index is 12.2. The number of hydrogen-bond donors (Lipinski definition) is 3. The summed E-state index contributed by atoms with van der Waals surface area (Å²) in [5.41, 5.74) is -0.470. The van der Waals surface area contributed by atoms with Gasteiger partial charge < -0.3 is 16.0 Å². The topological polar surface area (TPSA) is 70.2 Å². The van der Waals surface area contributed by atoms with E-state index in [0.29, 0.717) is 12.1 Å². The summed E-state index contributed by atoms with van der Waals surface area (Å²) in [7, 11) is 0. The lowest BCUT2D eigenvalue weighted by molar-refractivity contribution is -0.133. The van der Waals surface area contributed by atoms with Gasteiger partial charge >= 0.3 is 0 Å². The highest BCUT2D eigenvalue weighted by molar-refractivity contribution is 5.89. The molecule has 2 amide bonds. The molecule has 0 radical (unpaired) electrons. The van der Waals surface area contributed by atoms with E-state index in [0.717, 1.165) is 12.8 Å². The Labute approximate surface area is 133 Å². The molecule has 2 saturated heterocycles. The Hall–Kier alpha value is -0.810. The van der Waals surface area contributed by atoms with Crippen molar-refractivity contribution in [1.29, 1.82) is 0 Å². The summed E-state index contributed by atoms with van der Waals surface area (Å²) in [6.07, 6.45) is 4.44. The smallest absolute Gasteiger partial charge is 0.242 e. The number of carbonyl (C=O) groups excluding carboxylic acids is 2. The highest BCUT2D eigenvalue weighted by Gasteiger charge is 2.34. The molecule has 122 valence electrons. The fraction of sp³-hybridized carbons (Fsp3) is 0.867. The number of hydrogen-bond acceptors (Lipinski definition) is 3. The van der Waals surface area contributed by atoms with Crippen molar-refractivity contribution in [1.82, 2.24) is 16.0 Å². The Morgan fingerprint density at radius 2 is 1.67 bits per heavy atom. The molecule has 0 aromatic carbocycles. The molecule has 0 spiro atoms. The summed E-state index contributed by atoms with van der Waals surface area (Å²) in [4.78, 5) is 24.0. The van der Waals surface area contributed by atoms with Crippen LogP contribution in [0.5, 0.6) is 0 Å². The molecule has 21 heavy (non-hydrogen) atoms. The first-order chi connectivity index (χ1) is 9.25. The third-order valence-electron chi connectivity index (χ3n) is 4.24. The molecule has 2 bridgehead atoms. The van der Waals surface area contributed by atoms with Crippen LogP contribution in [0.3, 0.4) is 0 Å². The fourth-order valence-electron chi connectivity index (χ4n) is 2.98. The van der Waals surface area contributed by atoms with Gasteiger partial charge in [-0.05, 0) is 32.6 Å². The zero-order valence-electron chi connectivity index (χ0n) is 13.4. The van der Waals surface area contributed by atoms with Gasteiger partial charge in [0.15, 0.2) is 0 Å². The number of piperidine rings is 1. The number of rotatable bonds is 3. The maximum Gasteiger partial charge on any atom is 0.242 e. The third kappa shape index (κ3) is 4.85. The number of halogens is 1. The van der Waals surface area contributed by atoms with Gasteiger partial charge in [-0.3, -0.25) is 9.59 Å². The third-order valence-corrected chi connectivity index (χ3v) is 4.24. The molecule has 2 heterocycles. The second-order valence-corrected chi connectivity index (χ2v) is 7.26. The first-order valence-electron chi connectivity index (χ1n) is 7.63. The fourth-order valence-corrected chi connectivity index (χ4v) is 2.98. The minimum Gasteiger partial charge on any atom is -0.351 e. The van der Waals surface area contributed by atoms with Crippen LogP contribution in [0, 0.1) is 5.41 Å². The van der Waals surface area contributed by atoms with Gasteiger partial charge in [0.05, 0.1) is 0 Å². The van der Waals surface area contributed by atoms with E-state index >= 15 is 0 Å². The number of nitrogens with one attached hydrogen (secondary N) is 3. The monoisotopic (exact) mass is 317 g/mol. The van der Waals surface area contributed by atoms with E-state index in [2.05, 4.69) is 16.0 Å². The number of carbonyl (C=O) groups is 2. The van der Waals surface area contributed by atoms with Crippen LogP contribution in [-0.2, 0) is 9.59 Å². The highest BCUT2D eigenvalue weighted by Crippen LogP contribution is 2.26. The zero-order valence-corrected chi connectivity index (χ0v) is 14.2. The van der Waals surface area contributed by atoms with Gasteiger partial charge in [-0.15, -0.1) is 12.4 Å². The molecule has 5 nitrogen and oxygen atoms in total. The second-order valence-electron chi connectivity index (χ2n) is 7.26. The Morgan fingerprint density at radius 1 is 1.14 bits per heavy atom. The van der Waals surface area contributed by atoms with Crippen LogP contribution in [-0.4, -0.2) is 36.0 Å². The van der Waals surface area contributed by atoms with Crippen LogP contribution in [0.1, 0.15) is 53.4 Å². The van der Waals surface area contributed by atoms with Crippen molar-refractivity contribution < 1.29 is 9.59 Å². The Balaban J connectivity index is 0.00000220. The summed E-state index contributed by atoms with van der Waals surface area (Å²) in [6, 6.07) is 0.876. The number of amides is 2. The minimum atomic E-state index is -0.478. The average Bonchev–Trinajstić information content (AvgIpc) is 2.67. The molecule has 0 aromatic rings. The predicted molar refractivity (Wildman–Crippen MR) is 85.4 cm³/mol. The molecule has 0 aliphatic carbocycles. The Bertz CT molecular complexity index is 383. The molecule has 3 atom stereocenters. The summed E-state index contributed by atoms with van der Waals surface area (Å²) < 4.78 is 0. The van der Waals surface area contributed by atoms with Gasteiger partial charge in [0.1, 0.15) is 6.04 Å². The largest absolute Gasteiger partial charge is 0.351 e. The standard InChI is InChI=1S/C15H27N3O2.ClH/c1-9(16-14(20)15(2,3)4)13(19)18-12-7-10-5-6-11(8-12)17-10;/h9-12,17H,5-8H2,1-4H3,(H,16,20)(H,18,19);1H. The van der Waals surface area contributed by atoms with Crippen molar-refractivity contribution in [2.45, 2.75) is 77.5 Å². The minimum absolute atomic E-state index is 0. The first kappa shape index (κ1) is 18.2.